The Balaban J connectivity index is 2.19. The second kappa shape index (κ2) is 4.90. The van der Waals surface area contributed by atoms with Crippen molar-refractivity contribution < 1.29 is 13.9 Å². The number of hydrogen-bond donors (Lipinski definition) is 1. The van der Waals surface area contributed by atoms with E-state index in [1.807, 2.05) is 0 Å². The van der Waals surface area contributed by atoms with Crippen LogP contribution >= 0.6 is 11.6 Å². The summed E-state index contributed by atoms with van der Waals surface area (Å²) in [6.07, 6.45) is 1.16. The summed E-state index contributed by atoms with van der Waals surface area (Å²) >= 11 is 5.90. The lowest BCUT2D eigenvalue weighted by Gasteiger charge is -2.11. The van der Waals surface area contributed by atoms with Crippen LogP contribution in [0, 0.1) is 12.7 Å². The van der Waals surface area contributed by atoms with Crippen LogP contribution < -0.4 is 0 Å². The Hall–Kier alpha value is -1.32. The third kappa shape index (κ3) is 2.68. The van der Waals surface area contributed by atoms with Crippen LogP contribution in [0.1, 0.15) is 23.0 Å². The Labute approximate surface area is 104 Å². The largest absolute Gasteiger partial charge is 0.469 e. The average molecular weight is 255 g/mol. The van der Waals surface area contributed by atoms with Crippen molar-refractivity contribution in [3.8, 4) is 0 Å². The molecule has 0 bridgehead atoms. The van der Waals surface area contributed by atoms with Crippen LogP contribution in [0.3, 0.4) is 0 Å². The molecule has 0 fully saturated rings. The Morgan fingerprint density at radius 3 is 2.76 bits per heavy atom. The molecule has 1 N–H and O–H groups in total. The van der Waals surface area contributed by atoms with Crippen LogP contribution in [0.15, 0.2) is 34.9 Å². The van der Waals surface area contributed by atoms with Crippen molar-refractivity contribution in [2.75, 3.05) is 0 Å². The fraction of sp³-hybridized carbons (Fsp3) is 0.231. The fourth-order valence-corrected chi connectivity index (χ4v) is 1.99. The highest BCUT2D eigenvalue weighted by molar-refractivity contribution is 6.31. The summed E-state index contributed by atoms with van der Waals surface area (Å²) in [4.78, 5) is 0. The van der Waals surface area contributed by atoms with Crippen LogP contribution in [0.5, 0.6) is 0 Å². The van der Waals surface area contributed by atoms with Gasteiger partial charge in [-0.3, -0.25) is 0 Å². The predicted molar refractivity (Wildman–Crippen MR) is 63.5 cm³/mol. The van der Waals surface area contributed by atoms with Gasteiger partial charge in [-0.15, -0.1) is 0 Å². The van der Waals surface area contributed by atoms with Crippen molar-refractivity contribution in [3.05, 3.63) is 58.3 Å². The maximum absolute atomic E-state index is 12.9. The molecular weight excluding hydrogens is 243 g/mol. The molecule has 0 saturated carbocycles. The van der Waals surface area contributed by atoms with E-state index in [-0.39, 0.29) is 5.82 Å². The molecule has 1 unspecified atom stereocenters. The molecule has 1 aromatic heterocycles. The molecule has 1 atom stereocenters. The first kappa shape index (κ1) is 12.1. The van der Waals surface area contributed by atoms with E-state index in [0.717, 1.165) is 5.56 Å². The number of halogens is 2. The van der Waals surface area contributed by atoms with Crippen LogP contribution in [-0.4, -0.2) is 5.11 Å². The van der Waals surface area contributed by atoms with Gasteiger partial charge in [-0.2, -0.15) is 0 Å². The maximum Gasteiger partial charge on any atom is 0.124 e. The zero-order valence-electron chi connectivity index (χ0n) is 9.28. The van der Waals surface area contributed by atoms with Gasteiger partial charge in [-0.05, 0) is 30.7 Å². The molecule has 17 heavy (non-hydrogen) atoms. The minimum atomic E-state index is -0.697. The number of rotatable bonds is 3. The number of aliphatic hydroxyl groups excluding tert-OH is 1. The molecule has 0 radical (unpaired) electrons. The van der Waals surface area contributed by atoms with E-state index in [1.165, 1.54) is 18.4 Å². The van der Waals surface area contributed by atoms with Crippen molar-refractivity contribution in [1.82, 2.24) is 0 Å². The van der Waals surface area contributed by atoms with Crippen molar-refractivity contribution in [1.29, 1.82) is 0 Å². The first-order valence-electron chi connectivity index (χ1n) is 5.24. The predicted octanol–water partition coefficient (Wildman–Crippen LogP) is 3.66. The fourth-order valence-electron chi connectivity index (χ4n) is 1.75. The lowest BCUT2D eigenvalue weighted by Crippen LogP contribution is -2.02. The average Bonchev–Trinajstić information content (AvgIpc) is 2.68. The van der Waals surface area contributed by atoms with Gasteiger partial charge >= 0.3 is 0 Å². The van der Waals surface area contributed by atoms with Gasteiger partial charge in [0.05, 0.1) is 12.4 Å². The van der Waals surface area contributed by atoms with Gasteiger partial charge in [-0.25, -0.2) is 4.39 Å². The number of aliphatic hydroxyl groups is 1. The number of furan rings is 1. The molecule has 0 amide bonds. The third-order valence-corrected chi connectivity index (χ3v) is 3.04. The van der Waals surface area contributed by atoms with Gasteiger partial charge < -0.3 is 9.52 Å². The highest BCUT2D eigenvalue weighted by Gasteiger charge is 2.15. The van der Waals surface area contributed by atoms with Crippen molar-refractivity contribution in [2.24, 2.45) is 0 Å². The quantitative estimate of drug-likeness (QED) is 0.907. The summed E-state index contributed by atoms with van der Waals surface area (Å²) in [6, 6.07) is 5.87. The first-order chi connectivity index (χ1) is 8.08. The van der Waals surface area contributed by atoms with Gasteiger partial charge in [0.1, 0.15) is 11.6 Å². The van der Waals surface area contributed by atoms with Crippen LogP contribution in [0.4, 0.5) is 4.39 Å². The van der Waals surface area contributed by atoms with E-state index < -0.39 is 6.10 Å². The van der Waals surface area contributed by atoms with E-state index in [4.69, 9.17) is 16.0 Å². The zero-order chi connectivity index (χ0) is 12.4. The SMILES string of the molecule is Cc1occc1C(O)Cc1ccc(F)cc1Cl. The zero-order valence-corrected chi connectivity index (χ0v) is 10.0. The van der Waals surface area contributed by atoms with E-state index in [0.29, 0.717) is 22.8 Å². The summed E-state index contributed by atoms with van der Waals surface area (Å²) in [5.74, 6) is 0.295. The molecule has 1 heterocycles. The maximum atomic E-state index is 12.9. The van der Waals surface area contributed by atoms with E-state index in [2.05, 4.69) is 0 Å². The standard InChI is InChI=1S/C13H12ClFO2/c1-8-11(4-5-17-8)13(16)6-9-2-3-10(15)7-12(9)14/h2-5,7,13,16H,6H2,1H3. The molecule has 1 aromatic carbocycles. The van der Waals surface area contributed by atoms with E-state index in [9.17, 15) is 9.50 Å². The van der Waals surface area contributed by atoms with E-state index >= 15 is 0 Å². The monoisotopic (exact) mass is 254 g/mol. The highest BCUT2D eigenvalue weighted by atomic mass is 35.5. The first-order valence-corrected chi connectivity index (χ1v) is 5.61. The summed E-state index contributed by atoms with van der Waals surface area (Å²) in [5, 5.41) is 10.3. The van der Waals surface area contributed by atoms with E-state index in [1.54, 1.807) is 19.1 Å². The highest BCUT2D eigenvalue weighted by Crippen LogP contribution is 2.26. The molecule has 4 heteroatoms. The second-order valence-corrected chi connectivity index (χ2v) is 4.29. The Morgan fingerprint density at radius 1 is 1.41 bits per heavy atom. The van der Waals surface area contributed by atoms with Crippen LogP contribution in [-0.2, 0) is 6.42 Å². The molecule has 0 aliphatic rings. The van der Waals surface area contributed by atoms with Gasteiger partial charge in [0.2, 0.25) is 0 Å². The second-order valence-electron chi connectivity index (χ2n) is 3.89. The molecule has 0 aliphatic heterocycles. The molecule has 0 saturated heterocycles. The minimum absolute atomic E-state index is 0.324. The van der Waals surface area contributed by atoms with Crippen molar-refractivity contribution >= 4 is 11.6 Å². The van der Waals surface area contributed by atoms with Crippen LogP contribution in [0.25, 0.3) is 0 Å². The van der Waals surface area contributed by atoms with Gasteiger partial charge in [0.25, 0.3) is 0 Å². The van der Waals surface area contributed by atoms with Gasteiger partial charge in [-0.1, -0.05) is 17.7 Å². The van der Waals surface area contributed by atoms with Gasteiger partial charge in [0, 0.05) is 17.0 Å². The normalized spacial score (nSPS) is 12.7. The molecule has 0 spiro atoms. The Morgan fingerprint density at radius 2 is 2.18 bits per heavy atom. The molecule has 90 valence electrons. The number of benzene rings is 1. The molecular formula is C13H12ClFO2. The third-order valence-electron chi connectivity index (χ3n) is 2.69. The topological polar surface area (TPSA) is 33.4 Å². The Kier molecular flexibility index (Phi) is 3.50. The molecule has 2 nitrogen and oxygen atoms in total. The smallest absolute Gasteiger partial charge is 0.124 e. The molecule has 0 aliphatic carbocycles. The van der Waals surface area contributed by atoms with Gasteiger partial charge in [0.15, 0.2) is 0 Å². The van der Waals surface area contributed by atoms with Crippen molar-refractivity contribution in [3.63, 3.8) is 0 Å². The van der Waals surface area contributed by atoms with Crippen LogP contribution in [0.2, 0.25) is 5.02 Å². The molecule has 2 rings (SSSR count). The minimum Gasteiger partial charge on any atom is -0.469 e. The number of hydrogen-bond acceptors (Lipinski definition) is 2. The molecule has 2 aromatic rings. The van der Waals surface area contributed by atoms with Crippen molar-refractivity contribution in [2.45, 2.75) is 19.4 Å². The lowest BCUT2D eigenvalue weighted by molar-refractivity contribution is 0.176. The Bertz CT molecular complexity index is 522. The summed E-state index contributed by atoms with van der Waals surface area (Å²) in [6.45, 7) is 1.78. The summed E-state index contributed by atoms with van der Waals surface area (Å²) in [7, 11) is 0. The summed E-state index contributed by atoms with van der Waals surface area (Å²) < 4.78 is 18.0. The number of aryl methyl sites for hydroxylation is 1. The lowest BCUT2D eigenvalue weighted by atomic mass is 10.0. The summed E-state index contributed by atoms with van der Waals surface area (Å²) in [5.41, 5.74) is 1.44.